The summed E-state index contributed by atoms with van der Waals surface area (Å²) in [5, 5.41) is 57.9. The first-order valence-corrected chi connectivity index (χ1v) is 36.7. The lowest BCUT2D eigenvalue weighted by Crippen LogP contribution is -2.46. The number of ether oxygens (including phenoxy) is 5. The number of allylic oxidation sites excluding steroid dienone is 2. The maximum atomic E-state index is 15.2. The van der Waals surface area contributed by atoms with Crippen molar-refractivity contribution in [2.24, 2.45) is 40.7 Å². The predicted molar refractivity (Wildman–Crippen MR) is 399 cm³/mol. The van der Waals surface area contributed by atoms with E-state index < -0.39 is 129 Å². The molecule has 10 atom stereocenters. The zero-order valence-corrected chi connectivity index (χ0v) is 62.2. The fraction of sp³-hybridized carbons (Fsp3) is 0.494. The maximum Gasteiger partial charge on any atom is 0.407 e. The number of phenolic OH excluding ortho intramolecular Hbond substituents is 1. The Morgan fingerprint density at radius 3 is 2.19 bits per heavy atom. The fourth-order valence-corrected chi connectivity index (χ4v) is 15.0. The van der Waals surface area contributed by atoms with Crippen LogP contribution in [0.15, 0.2) is 98.7 Å². The fourth-order valence-electron chi connectivity index (χ4n) is 15.0. The van der Waals surface area contributed by atoms with E-state index in [0.717, 1.165) is 0 Å². The summed E-state index contributed by atoms with van der Waals surface area (Å²) in [4.78, 5) is 155. The van der Waals surface area contributed by atoms with Gasteiger partial charge in [-0.25, -0.2) is 14.6 Å². The molecule has 5 aromatic rings. The van der Waals surface area contributed by atoms with E-state index in [9.17, 15) is 68.4 Å². The summed E-state index contributed by atoms with van der Waals surface area (Å²) >= 11 is 0. The van der Waals surface area contributed by atoms with Gasteiger partial charge in [0.25, 0.3) is 17.7 Å². The van der Waals surface area contributed by atoms with E-state index in [4.69, 9.17) is 38.8 Å². The number of alkyl carbamates (subject to hydrolysis) is 1. The summed E-state index contributed by atoms with van der Waals surface area (Å²) in [6, 6.07) is 8.41. The maximum absolute atomic E-state index is 15.2. The lowest BCUT2D eigenvalue weighted by atomic mass is 9.61. The molecule has 4 bridgehead atoms. The number of urea groups is 1. The zero-order valence-electron chi connectivity index (χ0n) is 62.2. The summed E-state index contributed by atoms with van der Waals surface area (Å²) in [5.74, 6) is -10.0. The number of amides is 7. The van der Waals surface area contributed by atoms with Crippen LogP contribution in [-0.4, -0.2) is 153 Å². The number of imide groups is 1. The number of benzene rings is 4. The number of aliphatic hydroxyl groups excluding tert-OH is 3. The van der Waals surface area contributed by atoms with Gasteiger partial charge in [0.2, 0.25) is 16.8 Å². The average molecular weight is 1490 g/mol. The van der Waals surface area contributed by atoms with E-state index in [0.29, 0.717) is 101 Å². The Morgan fingerprint density at radius 1 is 0.843 bits per heavy atom. The molecule has 4 aliphatic heterocycles. The number of aliphatic hydroxyl groups is 3. The van der Waals surface area contributed by atoms with Gasteiger partial charge in [0.15, 0.2) is 22.4 Å². The quantitative estimate of drug-likeness (QED) is 0.00745. The van der Waals surface area contributed by atoms with Crippen LogP contribution in [0, 0.1) is 41.9 Å². The molecule has 7 amide bonds. The van der Waals surface area contributed by atoms with E-state index in [2.05, 4.69) is 21.3 Å². The highest BCUT2D eigenvalue weighted by molar-refractivity contribution is 6.17. The summed E-state index contributed by atoms with van der Waals surface area (Å²) in [5.41, 5.74) is 2.63. The number of anilines is 3. The number of nitrogens with zero attached hydrogens (tertiary/aromatic N) is 3. The summed E-state index contributed by atoms with van der Waals surface area (Å²) < 4.78 is 36.3. The van der Waals surface area contributed by atoms with Gasteiger partial charge in [-0.1, -0.05) is 77.3 Å². The SMILES string of the molecule is CO[C@H]1/C=C/O[C@@]2(C)Oc3c(C)c(O)c4c(=O)c(c5oc6cc(N7CCC(NC(=O)OCc8ccc(NC(=O)[C@H](CCCNC(N)=O)CC(=O)C9(C(=O)CCCCCCN%10C(=O)C=CC%10=O)CCC9)cc8)CC7)cc(=O)c6nc5c4c3=C2O)NC(=O)/C(C)=C\C=C\[C@H](C)[C@H](O)[C@@H](C)[C@@H](O)[C@@H](C)[C@H](OC(C)=O)[C@@H]1C. The van der Waals surface area contributed by atoms with Gasteiger partial charge in [-0.3, -0.25) is 48.1 Å². The third-order valence-electron chi connectivity index (χ3n) is 21.7. The molecule has 1 saturated carbocycles. The molecule has 1 aromatic heterocycles. The summed E-state index contributed by atoms with van der Waals surface area (Å²) in [6.45, 7) is 13.4. The number of fused-ring (bicyclic) bond motifs is 2. The van der Waals surface area contributed by atoms with Crippen LogP contribution in [0.25, 0.3) is 38.7 Å². The van der Waals surface area contributed by atoms with Crippen molar-refractivity contribution in [3.63, 3.8) is 0 Å². The third-order valence-corrected chi connectivity index (χ3v) is 21.7. The first-order valence-electron chi connectivity index (χ1n) is 36.7. The number of methoxy groups -OCH3 is 1. The van der Waals surface area contributed by atoms with Crippen LogP contribution < -0.4 is 52.7 Å². The number of nitrogens with two attached hydrogens (primary N) is 1. The monoisotopic (exact) mass is 1490 g/mol. The highest BCUT2D eigenvalue weighted by Gasteiger charge is 2.50. The molecular weight excluding hydrogens is 1400 g/mol. The Bertz CT molecular complexity index is 4630. The molecule has 29 nitrogen and oxygen atoms in total. The number of piperidine rings is 1. The van der Waals surface area contributed by atoms with E-state index in [-0.39, 0.29) is 112 Å². The van der Waals surface area contributed by atoms with Crippen LogP contribution in [0.4, 0.5) is 26.7 Å². The smallest absolute Gasteiger partial charge is 0.407 e. The van der Waals surface area contributed by atoms with Gasteiger partial charge in [0.1, 0.15) is 47.0 Å². The minimum absolute atomic E-state index is 0.00658. The Hall–Kier alpha value is -10.5. The van der Waals surface area contributed by atoms with Crippen molar-refractivity contribution in [3.8, 4) is 11.5 Å². The van der Waals surface area contributed by atoms with Gasteiger partial charge < -0.3 is 80.4 Å². The second kappa shape index (κ2) is 34.2. The standard InChI is InChI=1S/C79H96N8O21/c1-41-17-14-18-42(2)74(99)85-65-69(97)61-60(62-71(46(6)68(61)96)108-78(8,73(62)98)105-36-29-54(103-9)43(3)70(106-47(7)88)45(5)67(95)44(4)66(41)94)64-72(65)107-55-39-52(38-53(89)63(55)84-64)86-34-27-51(28-35-86)83-77(102)104-40-48-21-23-50(24-22-48)82-75(100)49(19-15-32-81-76(80)101)37-57(91)79(30-16-31-79)56(90)20-12-10-11-13-33-87-58(92)25-26-59(87)93/h14,17-18,21-26,29,36,38-39,41,43-45,49,51,54,66-67,70,94-96,98H,10-13,15-16,19-20,27-28,30-35,37,40H2,1-9H3,(H,82,100)(H,83,102)(H,85,99)(H3,80,81,101)/b17-14+,36-29+,42-18-/t41-,43+,44+,45+,49+,54-,66-,67+,70+,78-/m0/s1. The lowest BCUT2D eigenvalue weighted by molar-refractivity contribution is -0.160. The number of esters is 1. The Kier molecular flexibility index (Phi) is 25.3. The first kappa shape index (κ1) is 80.0. The second-order valence-corrected chi connectivity index (χ2v) is 29.1. The van der Waals surface area contributed by atoms with E-state index in [1.54, 1.807) is 64.1 Å². The van der Waals surface area contributed by atoms with Gasteiger partial charge in [0.05, 0.1) is 40.6 Å². The molecule has 29 heteroatoms. The number of aromatic hydroxyl groups is 1. The van der Waals surface area contributed by atoms with E-state index >= 15 is 4.79 Å². The van der Waals surface area contributed by atoms with E-state index in [1.165, 1.54) is 82.4 Å². The largest absolute Gasteiger partial charge is 0.507 e. The highest BCUT2D eigenvalue weighted by atomic mass is 16.7. The van der Waals surface area contributed by atoms with Gasteiger partial charge in [-0.2, -0.15) is 0 Å². The summed E-state index contributed by atoms with van der Waals surface area (Å²) in [7, 11) is 1.42. The van der Waals surface area contributed by atoms with Crippen LogP contribution in [0.5, 0.6) is 11.5 Å². The number of rotatable bonds is 23. The molecular formula is C79H96N8O21. The van der Waals surface area contributed by atoms with Gasteiger partial charge in [-0.05, 0) is 89.0 Å². The van der Waals surface area contributed by atoms with Crippen molar-refractivity contribution in [2.75, 3.05) is 48.8 Å². The van der Waals surface area contributed by atoms with Crippen molar-refractivity contribution in [1.29, 1.82) is 0 Å². The number of hydrogen-bond donors (Lipinski definition) is 9. The van der Waals surface area contributed by atoms with Crippen molar-refractivity contribution in [1.82, 2.24) is 20.5 Å². The van der Waals surface area contributed by atoms with Crippen molar-refractivity contribution in [3.05, 3.63) is 121 Å². The molecule has 0 spiro atoms. The molecule has 0 radical (unpaired) electrons. The normalized spacial score (nSPS) is 24.6. The van der Waals surface area contributed by atoms with Crippen LogP contribution in [0.1, 0.15) is 143 Å². The van der Waals surface area contributed by atoms with Crippen LogP contribution in [-0.2, 0) is 59.1 Å². The lowest BCUT2D eigenvalue weighted by Gasteiger charge is -2.39. The van der Waals surface area contributed by atoms with Crippen molar-refractivity contribution < 1.29 is 91.7 Å². The van der Waals surface area contributed by atoms with Crippen LogP contribution in [0.2, 0.25) is 0 Å². The minimum atomic E-state index is -2.07. The molecule has 2 fully saturated rings. The number of Topliss-reactive ketones (excluding diaryl/α,β-unsaturated/α-hetero) is 2. The van der Waals surface area contributed by atoms with Gasteiger partial charge in [-0.15, -0.1) is 0 Å². The average Bonchev–Trinajstić information content (AvgIpc) is 0.923. The molecule has 10 N–H and O–H groups in total. The number of nitrogens with one attached hydrogen (secondary N) is 4. The van der Waals surface area contributed by atoms with Crippen molar-refractivity contribution >= 4 is 109 Å². The molecule has 5 heterocycles. The molecule has 0 unspecified atom stereocenters. The minimum Gasteiger partial charge on any atom is -0.507 e. The predicted octanol–water partition coefficient (Wildman–Crippen LogP) is 8.03. The number of aromatic nitrogens is 1. The molecule has 10 rings (SSSR count). The summed E-state index contributed by atoms with van der Waals surface area (Å²) in [6.07, 6.45) is 10.2. The number of ketones is 2. The Labute approximate surface area is 622 Å². The number of primary amides is 1. The zero-order chi connectivity index (χ0) is 78.2. The number of carbonyl (C=O) groups is 9. The molecule has 5 aliphatic rings. The van der Waals surface area contributed by atoms with E-state index in [1.807, 2.05) is 4.90 Å². The number of hydrogen-bond acceptors (Lipinski definition) is 23. The number of unbranched alkanes of at least 4 members (excludes halogenated alkanes) is 3. The molecule has 1 saturated heterocycles. The topological polar surface area (TPSA) is 421 Å². The number of phenols is 1. The Balaban J connectivity index is 0.824. The first-order chi connectivity index (χ1) is 51.4. The highest BCUT2D eigenvalue weighted by Crippen LogP contribution is 2.47. The number of carbonyl (C=O) groups excluding carboxylic acids is 9. The molecule has 578 valence electrons. The van der Waals surface area contributed by atoms with Crippen molar-refractivity contribution in [2.45, 2.75) is 182 Å². The Morgan fingerprint density at radius 2 is 1.54 bits per heavy atom. The molecule has 1 aliphatic carbocycles. The third kappa shape index (κ3) is 17.4. The molecule has 4 aromatic carbocycles. The van der Waals surface area contributed by atoms with Crippen LogP contribution >= 0.6 is 0 Å². The second-order valence-electron chi connectivity index (χ2n) is 29.1. The van der Waals surface area contributed by atoms with Crippen LogP contribution in [0.3, 0.4) is 0 Å². The molecule has 108 heavy (non-hydrogen) atoms. The van der Waals surface area contributed by atoms with Gasteiger partial charge in [0, 0.05) is 148 Å². The van der Waals surface area contributed by atoms with Gasteiger partial charge >= 0.3 is 23.9 Å².